The number of likely N-dealkylation sites (N-methyl/N-ethyl adjacent to an activating group) is 1. The van der Waals surface area contributed by atoms with Gasteiger partial charge in [-0.05, 0) is 19.8 Å². The van der Waals surface area contributed by atoms with Gasteiger partial charge < -0.3 is 10.0 Å². The second-order valence-electron chi connectivity index (χ2n) is 4.61. The van der Waals surface area contributed by atoms with Gasteiger partial charge in [0, 0.05) is 25.8 Å². The quantitative estimate of drug-likeness (QED) is 0.808. The van der Waals surface area contributed by atoms with Crippen molar-refractivity contribution in [3.05, 3.63) is 0 Å². The summed E-state index contributed by atoms with van der Waals surface area (Å²) in [6.45, 7) is 1.63. The average molecular weight is 235 g/mol. The molecule has 0 saturated heterocycles. The number of aliphatic hydroxyl groups excluding tert-OH is 1. The number of carbonyl (C=O) groups excluding carboxylic acids is 1. The van der Waals surface area contributed by atoms with E-state index in [4.69, 9.17) is 5.11 Å². The van der Waals surface area contributed by atoms with E-state index in [1.54, 1.807) is 14.0 Å². The van der Waals surface area contributed by atoms with Crippen molar-refractivity contribution in [1.29, 1.82) is 0 Å². The van der Waals surface area contributed by atoms with Gasteiger partial charge in [0.1, 0.15) is 0 Å². The van der Waals surface area contributed by atoms with E-state index >= 15 is 0 Å². The van der Waals surface area contributed by atoms with Crippen molar-refractivity contribution < 1.29 is 18.7 Å². The highest BCUT2D eigenvalue weighted by Gasteiger charge is 2.38. The van der Waals surface area contributed by atoms with E-state index < -0.39 is 5.92 Å². The van der Waals surface area contributed by atoms with E-state index in [2.05, 4.69) is 0 Å². The van der Waals surface area contributed by atoms with Crippen molar-refractivity contribution in [2.75, 3.05) is 13.7 Å². The van der Waals surface area contributed by atoms with E-state index in [0.29, 0.717) is 0 Å². The van der Waals surface area contributed by atoms with Gasteiger partial charge in [-0.15, -0.1) is 0 Å². The third kappa shape index (κ3) is 3.14. The first-order chi connectivity index (χ1) is 7.37. The third-order valence-electron chi connectivity index (χ3n) is 3.34. The lowest BCUT2D eigenvalue weighted by Gasteiger charge is -2.32. The molecule has 0 aliphatic heterocycles. The van der Waals surface area contributed by atoms with Crippen molar-refractivity contribution >= 4 is 5.91 Å². The van der Waals surface area contributed by atoms with Crippen molar-refractivity contribution in [1.82, 2.24) is 4.90 Å². The predicted octanol–water partition coefficient (Wildman–Crippen LogP) is 1.65. The standard InChI is InChI=1S/C11H19F2NO2/c1-8(7-15)14(2)10(16)9-3-5-11(12,13)6-4-9/h8-9,15H,3-7H2,1-2H3. The molecule has 1 rings (SSSR count). The number of hydrogen-bond donors (Lipinski definition) is 1. The van der Waals surface area contributed by atoms with Crippen LogP contribution in [0.25, 0.3) is 0 Å². The molecule has 1 fully saturated rings. The minimum absolute atomic E-state index is 0.106. The fourth-order valence-electron chi connectivity index (χ4n) is 1.91. The fraction of sp³-hybridized carbons (Fsp3) is 0.909. The first kappa shape index (κ1) is 13.4. The average Bonchev–Trinajstić information content (AvgIpc) is 2.26. The molecule has 1 aliphatic carbocycles. The zero-order valence-electron chi connectivity index (χ0n) is 9.75. The first-order valence-electron chi connectivity index (χ1n) is 5.63. The lowest BCUT2D eigenvalue weighted by atomic mass is 9.86. The summed E-state index contributed by atoms with van der Waals surface area (Å²) in [5, 5.41) is 8.92. The number of amides is 1. The zero-order valence-corrected chi connectivity index (χ0v) is 9.75. The second-order valence-corrected chi connectivity index (χ2v) is 4.61. The summed E-state index contributed by atoms with van der Waals surface area (Å²) >= 11 is 0. The molecule has 3 nitrogen and oxygen atoms in total. The molecular formula is C11H19F2NO2. The highest BCUT2D eigenvalue weighted by atomic mass is 19.3. The summed E-state index contributed by atoms with van der Waals surface area (Å²) in [6.07, 6.45) is 0.0815. The van der Waals surface area contributed by atoms with E-state index in [0.717, 1.165) is 0 Å². The van der Waals surface area contributed by atoms with Crippen LogP contribution in [0, 0.1) is 5.92 Å². The van der Waals surface area contributed by atoms with Gasteiger partial charge in [-0.2, -0.15) is 0 Å². The van der Waals surface area contributed by atoms with Crippen LogP contribution in [-0.2, 0) is 4.79 Å². The van der Waals surface area contributed by atoms with Gasteiger partial charge in [0.05, 0.1) is 12.6 Å². The second kappa shape index (κ2) is 5.08. The molecule has 1 aliphatic rings. The number of alkyl halides is 2. The van der Waals surface area contributed by atoms with Crippen LogP contribution in [0.1, 0.15) is 32.6 Å². The highest BCUT2D eigenvalue weighted by molar-refractivity contribution is 5.79. The maximum atomic E-state index is 12.9. The Morgan fingerprint density at radius 2 is 2.00 bits per heavy atom. The zero-order chi connectivity index (χ0) is 12.3. The number of aliphatic hydroxyl groups is 1. The molecule has 0 aromatic carbocycles. The monoisotopic (exact) mass is 235 g/mol. The van der Waals surface area contributed by atoms with Gasteiger partial charge in [-0.1, -0.05) is 0 Å². The van der Waals surface area contributed by atoms with Gasteiger partial charge in [-0.3, -0.25) is 4.79 Å². The first-order valence-corrected chi connectivity index (χ1v) is 5.63. The minimum Gasteiger partial charge on any atom is -0.394 e. The molecule has 0 heterocycles. The summed E-state index contributed by atoms with van der Waals surface area (Å²) in [5.41, 5.74) is 0. The third-order valence-corrected chi connectivity index (χ3v) is 3.34. The van der Waals surface area contributed by atoms with Crippen molar-refractivity contribution in [3.63, 3.8) is 0 Å². The molecule has 0 radical (unpaired) electrons. The van der Waals surface area contributed by atoms with Crippen LogP contribution >= 0.6 is 0 Å². The summed E-state index contributed by atoms with van der Waals surface area (Å²) in [4.78, 5) is 13.3. The van der Waals surface area contributed by atoms with Gasteiger partial charge in [-0.25, -0.2) is 8.78 Å². The van der Waals surface area contributed by atoms with Gasteiger partial charge >= 0.3 is 0 Å². The summed E-state index contributed by atoms with van der Waals surface area (Å²) in [6, 6.07) is -0.255. The maximum Gasteiger partial charge on any atom is 0.248 e. The molecule has 0 aromatic rings. The van der Waals surface area contributed by atoms with Gasteiger partial charge in [0.2, 0.25) is 11.8 Å². The molecule has 1 saturated carbocycles. The Kier molecular flexibility index (Phi) is 4.24. The van der Waals surface area contributed by atoms with E-state index in [-0.39, 0.29) is 50.2 Å². The van der Waals surface area contributed by atoms with Crippen molar-refractivity contribution in [3.8, 4) is 0 Å². The summed E-state index contributed by atoms with van der Waals surface area (Å²) < 4.78 is 25.8. The van der Waals surface area contributed by atoms with Gasteiger partial charge in [0.25, 0.3) is 0 Å². The normalized spacial score (nSPS) is 22.8. The SMILES string of the molecule is CC(CO)N(C)C(=O)C1CCC(F)(F)CC1. The molecule has 1 unspecified atom stereocenters. The Morgan fingerprint density at radius 1 is 1.50 bits per heavy atom. The van der Waals surface area contributed by atoms with Crippen LogP contribution in [0.4, 0.5) is 8.78 Å². The molecule has 16 heavy (non-hydrogen) atoms. The molecule has 0 spiro atoms. The Morgan fingerprint density at radius 3 is 2.44 bits per heavy atom. The highest BCUT2D eigenvalue weighted by Crippen LogP contribution is 2.36. The van der Waals surface area contributed by atoms with Crippen LogP contribution in [0.3, 0.4) is 0 Å². The number of nitrogens with zero attached hydrogens (tertiary/aromatic N) is 1. The Labute approximate surface area is 94.4 Å². The van der Waals surface area contributed by atoms with Crippen LogP contribution in [0.5, 0.6) is 0 Å². The largest absolute Gasteiger partial charge is 0.394 e. The smallest absolute Gasteiger partial charge is 0.248 e. The molecule has 0 aromatic heterocycles. The molecule has 1 N–H and O–H groups in total. The Hall–Kier alpha value is -0.710. The number of hydrogen-bond acceptors (Lipinski definition) is 2. The fourth-order valence-corrected chi connectivity index (χ4v) is 1.91. The molecule has 1 amide bonds. The van der Waals surface area contributed by atoms with E-state index in [1.165, 1.54) is 4.90 Å². The number of rotatable bonds is 3. The molecule has 0 bridgehead atoms. The molecule has 1 atom stereocenters. The maximum absolute atomic E-state index is 12.9. The molecule has 94 valence electrons. The van der Waals surface area contributed by atoms with Crippen LogP contribution in [0.15, 0.2) is 0 Å². The predicted molar refractivity (Wildman–Crippen MR) is 56.2 cm³/mol. The lowest BCUT2D eigenvalue weighted by Crippen LogP contribution is -2.42. The Bertz CT molecular complexity index is 248. The molecule has 5 heteroatoms. The van der Waals surface area contributed by atoms with E-state index in [9.17, 15) is 13.6 Å². The number of carbonyl (C=O) groups is 1. The molecular weight excluding hydrogens is 216 g/mol. The van der Waals surface area contributed by atoms with Crippen molar-refractivity contribution in [2.45, 2.75) is 44.6 Å². The van der Waals surface area contributed by atoms with E-state index in [1.807, 2.05) is 0 Å². The van der Waals surface area contributed by atoms with Crippen molar-refractivity contribution in [2.24, 2.45) is 5.92 Å². The summed E-state index contributed by atoms with van der Waals surface area (Å²) in [7, 11) is 1.61. The Balaban J connectivity index is 2.50. The lowest BCUT2D eigenvalue weighted by molar-refractivity contribution is -0.140. The minimum atomic E-state index is -2.60. The topological polar surface area (TPSA) is 40.5 Å². The van der Waals surface area contributed by atoms with Crippen LogP contribution in [-0.4, -0.2) is 41.5 Å². The number of halogens is 2. The summed E-state index contributed by atoms with van der Waals surface area (Å²) in [5.74, 6) is -3.03. The van der Waals surface area contributed by atoms with Crippen LogP contribution < -0.4 is 0 Å². The van der Waals surface area contributed by atoms with Crippen LogP contribution in [0.2, 0.25) is 0 Å². The van der Waals surface area contributed by atoms with Gasteiger partial charge in [0.15, 0.2) is 0 Å².